The molecule has 2 aliphatic heterocycles. The molecule has 4 heteroatoms. The van der Waals surface area contributed by atoms with Gasteiger partial charge in [-0.2, -0.15) is 0 Å². The Balaban J connectivity index is 2.41. The van der Waals surface area contributed by atoms with Gasteiger partial charge >= 0.3 is 0 Å². The van der Waals surface area contributed by atoms with E-state index >= 15 is 0 Å². The maximum Gasteiger partial charge on any atom is 0.285 e. The van der Waals surface area contributed by atoms with Gasteiger partial charge < -0.3 is 5.32 Å². The maximum absolute atomic E-state index is 11.0. The van der Waals surface area contributed by atoms with Crippen molar-refractivity contribution in [1.29, 1.82) is 0 Å². The third-order valence-electron chi connectivity index (χ3n) is 1.94. The van der Waals surface area contributed by atoms with Crippen LogP contribution in [0.5, 0.6) is 0 Å². The highest BCUT2D eigenvalue weighted by Crippen LogP contribution is 2.27. The van der Waals surface area contributed by atoms with Crippen LogP contribution in [0.3, 0.4) is 0 Å². The zero-order valence-corrected chi connectivity index (χ0v) is 7.39. The van der Waals surface area contributed by atoms with Crippen LogP contribution in [0.15, 0.2) is 15.2 Å². The Bertz CT molecular complexity index is 270. The van der Waals surface area contributed by atoms with Gasteiger partial charge in [0.2, 0.25) is 0 Å². The Hall–Kier alpha value is -0.640. The molecule has 0 bridgehead atoms. The van der Waals surface area contributed by atoms with Crippen molar-refractivity contribution < 1.29 is 4.79 Å². The lowest BCUT2D eigenvalue weighted by Gasteiger charge is -2.11. The van der Waals surface area contributed by atoms with E-state index in [0.717, 1.165) is 18.7 Å². The summed E-state index contributed by atoms with van der Waals surface area (Å²) in [6, 6.07) is 0. The number of nitrogens with one attached hydrogen (secondary N) is 1. The smallest absolute Gasteiger partial charge is 0.285 e. The summed E-state index contributed by atoms with van der Waals surface area (Å²) >= 11 is 3.21. The molecule has 0 aliphatic carbocycles. The van der Waals surface area contributed by atoms with Gasteiger partial charge in [-0.3, -0.25) is 4.79 Å². The Labute approximate surface area is 72.7 Å². The van der Waals surface area contributed by atoms with Crippen LogP contribution in [0.2, 0.25) is 0 Å². The highest BCUT2D eigenvalue weighted by atomic mass is 79.9. The predicted octanol–water partition coefficient (Wildman–Crippen LogP) is 0.813. The molecule has 58 valence electrons. The minimum absolute atomic E-state index is 0.175. The van der Waals surface area contributed by atoms with Crippen LogP contribution in [0.1, 0.15) is 6.42 Å². The highest BCUT2D eigenvalue weighted by molar-refractivity contribution is 9.12. The van der Waals surface area contributed by atoms with Crippen LogP contribution in [0.25, 0.3) is 0 Å². The summed E-state index contributed by atoms with van der Waals surface area (Å²) in [7, 11) is 0. The van der Waals surface area contributed by atoms with E-state index in [1.807, 2.05) is 0 Å². The number of nitrogens with zero attached hydrogens (tertiary/aromatic N) is 1. The molecule has 0 spiro atoms. The number of hydrogen-bond donors (Lipinski definition) is 1. The lowest BCUT2D eigenvalue weighted by atomic mass is 10.1. The molecule has 11 heavy (non-hydrogen) atoms. The molecule has 1 atom stereocenters. The Kier molecular flexibility index (Phi) is 1.56. The lowest BCUT2D eigenvalue weighted by Crippen LogP contribution is -2.17. The first kappa shape index (κ1) is 7.03. The van der Waals surface area contributed by atoms with Crippen LogP contribution >= 0.6 is 15.9 Å². The number of amides is 1. The molecule has 0 aromatic heterocycles. The third kappa shape index (κ3) is 1.01. The van der Waals surface area contributed by atoms with Crippen molar-refractivity contribution in [3.05, 3.63) is 10.2 Å². The van der Waals surface area contributed by atoms with Gasteiger partial charge in [0.15, 0.2) is 0 Å². The fourth-order valence-electron chi connectivity index (χ4n) is 1.36. The number of dihydropyridines is 1. The fourth-order valence-corrected chi connectivity index (χ4v) is 1.89. The number of hydrogen-bond acceptors (Lipinski definition) is 2. The quantitative estimate of drug-likeness (QED) is 0.649. The van der Waals surface area contributed by atoms with Gasteiger partial charge in [-0.25, -0.2) is 4.99 Å². The maximum atomic E-state index is 11.0. The van der Waals surface area contributed by atoms with Crippen LogP contribution in [0, 0.1) is 5.92 Å². The molecule has 2 rings (SSSR count). The van der Waals surface area contributed by atoms with Crippen molar-refractivity contribution in [1.82, 2.24) is 5.32 Å². The molecular weight excluding hydrogens is 208 g/mol. The summed E-state index contributed by atoms with van der Waals surface area (Å²) in [5.74, 6) is 0.160. The van der Waals surface area contributed by atoms with E-state index in [1.165, 1.54) is 0 Å². The Morgan fingerprint density at radius 1 is 1.73 bits per heavy atom. The molecule has 1 amide bonds. The molecule has 2 aliphatic rings. The van der Waals surface area contributed by atoms with Crippen molar-refractivity contribution in [2.45, 2.75) is 6.42 Å². The van der Waals surface area contributed by atoms with Crippen molar-refractivity contribution in [3.8, 4) is 0 Å². The lowest BCUT2D eigenvalue weighted by molar-refractivity contribution is -0.113. The standard InChI is InChI=1S/C7H7BrN2O/c8-5-6-4(1-2-9-6)3-10-7(5)11/h3-4,9H,1-2H2. The van der Waals surface area contributed by atoms with Crippen molar-refractivity contribution >= 4 is 28.1 Å². The van der Waals surface area contributed by atoms with E-state index in [9.17, 15) is 4.79 Å². The minimum Gasteiger partial charge on any atom is -0.387 e. The molecule has 1 fully saturated rings. The average Bonchev–Trinajstić information content (AvgIpc) is 2.45. The number of rotatable bonds is 0. The highest BCUT2D eigenvalue weighted by Gasteiger charge is 2.27. The molecule has 0 aromatic rings. The Morgan fingerprint density at radius 3 is 3.36 bits per heavy atom. The van der Waals surface area contributed by atoms with Crippen molar-refractivity contribution in [2.24, 2.45) is 10.9 Å². The topological polar surface area (TPSA) is 41.5 Å². The van der Waals surface area contributed by atoms with Gasteiger partial charge in [0.1, 0.15) is 4.48 Å². The van der Waals surface area contributed by atoms with Gasteiger partial charge in [0.25, 0.3) is 5.91 Å². The summed E-state index contributed by atoms with van der Waals surface area (Å²) in [4.78, 5) is 14.7. The van der Waals surface area contributed by atoms with Gasteiger partial charge in [0, 0.05) is 24.4 Å². The molecule has 1 N–H and O–H groups in total. The van der Waals surface area contributed by atoms with E-state index < -0.39 is 0 Å². The second-order valence-corrected chi connectivity index (χ2v) is 3.43. The molecular formula is C7H7BrN2O. The van der Waals surface area contributed by atoms with E-state index in [-0.39, 0.29) is 5.91 Å². The predicted molar refractivity (Wildman–Crippen MR) is 45.6 cm³/mol. The number of carbonyl (C=O) groups is 1. The van der Waals surface area contributed by atoms with Gasteiger partial charge in [-0.15, -0.1) is 0 Å². The van der Waals surface area contributed by atoms with Gasteiger partial charge in [-0.1, -0.05) is 0 Å². The zero-order valence-electron chi connectivity index (χ0n) is 5.80. The van der Waals surface area contributed by atoms with Crippen LogP contribution in [0.4, 0.5) is 0 Å². The average molecular weight is 215 g/mol. The summed E-state index contributed by atoms with van der Waals surface area (Å²) < 4.78 is 0.600. The molecule has 0 saturated carbocycles. The normalized spacial score (nSPS) is 28.8. The first-order chi connectivity index (χ1) is 5.29. The van der Waals surface area contributed by atoms with Crippen molar-refractivity contribution in [3.63, 3.8) is 0 Å². The second-order valence-electron chi connectivity index (χ2n) is 2.63. The minimum atomic E-state index is -0.175. The SMILES string of the molecule is O=C1N=CC2CCNC2=C1Br. The monoisotopic (exact) mass is 214 g/mol. The molecule has 0 aromatic carbocycles. The van der Waals surface area contributed by atoms with E-state index in [4.69, 9.17) is 0 Å². The summed E-state index contributed by atoms with van der Waals surface area (Å²) in [6.07, 6.45) is 2.77. The van der Waals surface area contributed by atoms with Gasteiger partial charge in [-0.05, 0) is 22.4 Å². The summed E-state index contributed by atoms with van der Waals surface area (Å²) in [6.45, 7) is 0.939. The molecule has 2 heterocycles. The number of halogens is 1. The first-order valence-electron chi connectivity index (χ1n) is 3.51. The number of allylic oxidation sites excluding steroid dienone is 1. The van der Waals surface area contributed by atoms with Crippen LogP contribution in [-0.4, -0.2) is 18.7 Å². The number of fused-ring (bicyclic) bond motifs is 1. The largest absolute Gasteiger partial charge is 0.387 e. The third-order valence-corrected chi connectivity index (χ3v) is 2.70. The second kappa shape index (κ2) is 2.44. The number of aliphatic imine (C=N–C) groups is 1. The molecule has 1 saturated heterocycles. The fraction of sp³-hybridized carbons (Fsp3) is 0.429. The number of carbonyl (C=O) groups excluding carboxylic acids is 1. The molecule has 1 unspecified atom stereocenters. The van der Waals surface area contributed by atoms with Crippen LogP contribution in [-0.2, 0) is 4.79 Å². The van der Waals surface area contributed by atoms with E-state index in [0.29, 0.717) is 10.4 Å². The first-order valence-corrected chi connectivity index (χ1v) is 4.30. The van der Waals surface area contributed by atoms with Crippen LogP contribution < -0.4 is 5.32 Å². The van der Waals surface area contributed by atoms with Gasteiger partial charge in [0.05, 0.1) is 0 Å². The van der Waals surface area contributed by atoms with E-state index in [2.05, 4.69) is 26.2 Å². The Morgan fingerprint density at radius 2 is 2.55 bits per heavy atom. The summed E-state index contributed by atoms with van der Waals surface area (Å²) in [5, 5.41) is 3.16. The zero-order chi connectivity index (χ0) is 7.84. The summed E-state index contributed by atoms with van der Waals surface area (Å²) in [5.41, 5.74) is 1.00. The van der Waals surface area contributed by atoms with E-state index in [1.54, 1.807) is 6.21 Å². The molecule has 3 nitrogen and oxygen atoms in total. The van der Waals surface area contributed by atoms with Crippen molar-refractivity contribution in [2.75, 3.05) is 6.54 Å². The molecule has 0 radical (unpaired) electrons.